The van der Waals surface area contributed by atoms with E-state index in [0.717, 1.165) is 0 Å². The molecule has 1 heterocycles. The maximum absolute atomic E-state index is 10.6. The quantitative estimate of drug-likeness (QED) is 0.777. The molecule has 7 heteroatoms. The maximum atomic E-state index is 10.6. The normalized spacial score (nSPS) is 9.77. The molecule has 0 aliphatic heterocycles. The summed E-state index contributed by atoms with van der Waals surface area (Å²) in [5, 5.41) is 0.119. The summed E-state index contributed by atoms with van der Waals surface area (Å²) in [6.07, 6.45) is 0. The lowest BCUT2D eigenvalue weighted by atomic mass is 10.6. The van der Waals surface area contributed by atoms with Crippen molar-refractivity contribution in [3.8, 4) is 5.88 Å². The Morgan fingerprint density at radius 1 is 1.62 bits per heavy atom. The Balaban J connectivity index is 3.08. The van der Waals surface area contributed by atoms with Crippen molar-refractivity contribution in [3.63, 3.8) is 0 Å². The molecule has 0 aliphatic rings. The van der Waals surface area contributed by atoms with E-state index in [-0.39, 0.29) is 21.5 Å². The fourth-order valence-corrected chi connectivity index (χ4v) is 0.987. The number of carbonyl (C=O) groups excluding carboxylic acids is 1. The summed E-state index contributed by atoms with van der Waals surface area (Å²) in [6, 6.07) is 0. The Morgan fingerprint density at radius 2 is 2.23 bits per heavy atom. The van der Waals surface area contributed by atoms with Gasteiger partial charge in [0, 0.05) is 6.92 Å². The molecule has 0 saturated heterocycles. The summed E-state index contributed by atoms with van der Waals surface area (Å²) >= 11 is 8.60. The number of hydrogen-bond donors (Lipinski definition) is 1. The molecule has 2 N–H and O–H groups in total. The maximum Gasteiger partial charge on any atom is 0.309 e. The first-order chi connectivity index (χ1) is 6.00. The second-order valence-corrected chi connectivity index (χ2v) is 3.20. The number of nitrogen functional groups attached to an aromatic ring is 1. The summed E-state index contributed by atoms with van der Waals surface area (Å²) in [5.41, 5.74) is 5.38. The van der Waals surface area contributed by atoms with Crippen LogP contribution in [0.5, 0.6) is 5.88 Å². The number of carbonyl (C=O) groups is 1. The molecule has 0 atom stereocenters. The third kappa shape index (κ3) is 2.53. The lowest BCUT2D eigenvalue weighted by Gasteiger charge is -2.03. The van der Waals surface area contributed by atoms with E-state index >= 15 is 0 Å². The highest BCUT2D eigenvalue weighted by molar-refractivity contribution is 9.10. The van der Waals surface area contributed by atoms with E-state index in [9.17, 15) is 4.79 Å². The molecule has 0 amide bonds. The van der Waals surface area contributed by atoms with Gasteiger partial charge in [-0.1, -0.05) is 11.6 Å². The van der Waals surface area contributed by atoms with Crippen LogP contribution >= 0.6 is 27.5 Å². The van der Waals surface area contributed by atoms with Gasteiger partial charge in [0.05, 0.1) is 0 Å². The highest BCUT2D eigenvalue weighted by Gasteiger charge is 2.10. The van der Waals surface area contributed by atoms with Gasteiger partial charge in [0.25, 0.3) is 5.88 Å². The molecule has 0 bridgehead atoms. The molecule has 0 unspecified atom stereocenters. The Bertz CT molecular complexity index is 358. The highest BCUT2D eigenvalue weighted by atomic mass is 79.9. The molecule has 0 aliphatic carbocycles. The number of ether oxygens (including phenoxy) is 1. The number of aromatic nitrogens is 2. The van der Waals surface area contributed by atoms with Gasteiger partial charge in [-0.25, -0.2) is 4.98 Å². The van der Waals surface area contributed by atoms with Crippen molar-refractivity contribution in [2.24, 2.45) is 0 Å². The molecule has 70 valence electrons. The first-order valence-electron chi connectivity index (χ1n) is 3.17. The van der Waals surface area contributed by atoms with E-state index in [1.807, 2.05) is 0 Å². The van der Waals surface area contributed by atoms with Crippen molar-refractivity contribution >= 4 is 39.3 Å². The zero-order valence-electron chi connectivity index (χ0n) is 6.54. The summed E-state index contributed by atoms with van der Waals surface area (Å²) in [7, 11) is 0. The van der Waals surface area contributed by atoms with Crippen LogP contribution in [-0.4, -0.2) is 15.9 Å². The monoisotopic (exact) mass is 265 g/mol. The molecule has 13 heavy (non-hydrogen) atoms. The van der Waals surface area contributed by atoms with E-state index < -0.39 is 5.97 Å². The van der Waals surface area contributed by atoms with Crippen LogP contribution in [0.3, 0.4) is 0 Å². The van der Waals surface area contributed by atoms with E-state index in [1.54, 1.807) is 0 Å². The van der Waals surface area contributed by atoms with Gasteiger partial charge >= 0.3 is 5.97 Å². The SMILES string of the molecule is CC(=O)Oc1nc(Br)c(Cl)nc1N. The summed E-state index contributed by atoms with van der Waals surface area (Å²) in [5.74, 6) is -0.595. The number of halogens is 2. The van der Waals surface area contributed by atoms with E-state index in [2.05, 4.69) is 30.6 Å². The third-order valence-electron chi connectivity index (χ3n) is 1.05. The van der Waals surface area contributed by atoms with Crippen LogP contribution in [0.25, 0.3) is 0 Å². The van der Waals surface area contributed by atoms with Crippen LogP contribution in [0.1, 0.15) is 6.92 Å². The van der Waals surface area contributed by atoms with Gasteiger partial charge in [0.15, 0.2) is 11.0 Å². The number of rotatable bonds is 1. The minimum atomic E-state index is -0.518. The lowest BCUT2D eigenvalue weighted by molar-refractivity contribution is -0.132. The standard InChI is InChI=1S/C6H5BrClN3O2/c1-2(12)13-6-5(9)11-4(8)3(7)10-6/h1H3,(H2,9,11). The zero-order valence-corrected chi connectivity index (χ0v) is 8.89. The Hall–Kier alpha value is -0.880. The largest absolute Gasteiger partial charge is 0.404 e. The molecular formula is C6H5BrClN3O2. The summed E-state index contributed by atoms with van der Waals surface area (Å²) < 4.78 is 4.93. The molecule has 1 aromatic rings. The number of anilines is 1. The topological polar surface area (TPSA) is 78.1 Å². The second-order valence-electron chi connectivity index (χ2n) is 2.09. The number of nitrogens with two attached hydrogens (primary N) is 1. The van der Waals surface area contributed by atoms with E-state index in [4.69, 9.17) is 17.3 Å². The van der Waals surface area contributed by atoms with Crippen molar-refractivity contribution in [1.82, 2.24) is 9.97 Å². The van der Waals surface area contributed by atoms with Gasteiger partial charge in [0.2, 0.25) is 0 Å². The predicted molar refractivity (Wildman–Crippen MR) is 50.5 cm³/mol. The van der Waals surface area contributed by atoms with Gasteiger partial charge < -0.3 is 10.5 Å². The van der Waals surface area contributed by atoms with Crippen LogP contribution in [0, 0.1) is 0 Å². The number of nitrogens with zero attached hydrogens (tertiary/aromatic N) is 2. The van der Waals surface area contributed by atoms with Crippen molar-refractivity contribution in [1.29, 1.82) is 0 Å². The zero-order chi connectivity index (χ0) is 10.0. The average Bonchev–Trinajstić information content (AvgIpc) is 1.99. The first kappa shape index (κ1) is 10.2. The van der Waals surface area contributed by atoms with Crippen molar-refractivity contribution in [2.75, 3.05) is 5.73 Å². The van der Waals surface area contributed by atoms with Crippen LogP contribution in [0.2, 0.25) is 5.15 Å². The van der Waals surface area contributed by atoms with Crippen LogP contribution < -0.4 is 10.5 Å². The molecule has 0 aromatic carbocycles. The third-order valence-corrected chi connectivity index (χ3v) is 2.09. The number of hydrogen-bond acceptors (Lipinski definition) is 5. The van der Waals surface area contributed by atoms with Crippen molar-refractivity contribution in [3.05, 3.63) is 9.76 Å². The molecule has 5 nitrogen and oxygen atoms in total. The van der Waals surface area contributed by atoms with Gasteiger partial charge in [0.1, 0.15) is 4.60 Å². The van der Waals surface area contributed by atoms with Crippen molar-refractivity contribution in [2.45, 2.75) is 6.92 Å². The second kappa shape index (κ2) is 3.89. The van der Waals surface area contributed by atoms with Crippen LogP contribution in [0.4, 0.5) is 5.82 Å². The summed E-state index contributed by atoms with van der Waals surface area (Å²) in [4.78, 5) is 18.0. The minimum absolute atomic E-state index is 0.0246. The van der Waals surface area contributed by atoms with Gasteiger partial charge in [-0.15, -0.1) is 0 Å². The fraction of sp³-hybridized carbons (Fsp3) is 0.167. The molecule has 0 radical (unpaired) electrons. The molecule has 0 saturated carbocycles. The van der Waals surface area contributed by atoms with Gasteiger partial charge in [-0.05, 0) is 15.9 Å². The molecule has 1 rings (SSSR count). The summed E-state index contributed by atoms with van der Waals surface area (Å²) in [6.45, 7) is 1.24. The van der Waals surface area contributed by atoms with Gasteiger partial charge in [-0.2, -0.15) is 4.98 Å². The Kier molecular flexibility index (Phi) is 3.05. The molecule has 0 spiro atoms. The minimum Gasteiger partial charge on any atom is -0.404 e. The van der Waals surface area contributed by atoms with Gasteiger partial charge in [-0.3, -0.25) is 4.79 Å². The molecule has 1 aromatic heterocycles. The van der Waals surface area contributed by atoms with E-state index in [1.165, 1.54) is 6.92 Å². The smallest absolute Gasteiger partial charge is 0.309 e. The number of esters is 1. The fourth-order valence-electron chi connectivity index (χ4n) is 0.604. The Morgan fingerprint density at radius 3 is 2.77 bits per heavy atom. The average molecular weight is 266 g/mol. The van der Waals surface area contributed by atoms with E-state index in [0.29, 0.717) is 0 Å². The van der Waals surface area contributed by atoms with Crippen molar-refractivity contribution < 1.29 is 9.53 Å². The lowest BCUT2D eigenvalue weighted by Crippen LogP contribution is -2.07. The highest BCUT2D eigenvalue weighted by Crippen LogP contribution is 2.25. The predicted octanol–water partition coefficient (Wildman–Crippen LogP) is 1.40. The first-order valence-corrected chi connectivity index (χ1v) is 4.34. The molecular weight excluding hydrogens is 261 g/mol. The Labute approximate surface area is 87.4 Å². The van der Waals surface area contributed by atoms with Crippen LogP contribution in [-0.2, 0) is 4.79 Å². The molecule has 0 fully saturated rings. The van der Waals surface area contributed by atoms with Crippen LogP contribution in [0.15, 0.2) is 4.60 Å².